The van der Waals surface area contributed by atoms with E-state index in [1.165, 1.54) is 21.5 Å². The zero-order valence-electron chi connectivity index (χ0n) is 12.2. The van der Waals surface area contributed by atoms with Gasteiger partial charge in [0.15, 0.2) is 0 Å². The minimum Gasteiger partial charge on any atom is -0.387 e. The molecule has 0 aromatic heterocycles. The van der Waals surface area contributed by atoms with Gasteiger partial charge in [0.1, 0.15) is 24.4 Å². The minimum atomic E-state index is -0.879. The van der Waals surface area contributed by atoms with Gasteiger partial charge in [-0.1, -0.05) is 42.5 Å². The van der Waals surface area contributed by atoms with Crippen molar-refractivity contribution in [2.75, 3.05) is 0 Å². The van der Waals surface area contributed by atoms with E-state index in [1.807, 2.05) is 6.07 Å². The summed E-state index contributed by atoms with van der Waals surface area (Å²) >= 11 is 0. The van der Waals surface area contributed by atoms with Crippen LogP contribution in [-0.2, 0) is 4.74 Å². The van der Waals surface area contributed by atoms with Crippen LogP contribution in [0.4, 0.5) is 0 Å². The largest absolute Gasteiger partial charge is 0.387 e. The van der Waals surface area contributed by atoms with E-state index in [0.29, 0.717) is 0 Å². The van der Waals surface area contributed by atoms with Crippen molar-refractivity contribution >= 4 is 32.3 Å². The number of rotatable bonds is 0. The van der Waals surface area contributed by atoms with Crippen LogP contribution in [0.5, 0.6) is 0 Å². The van der Waals surface area contributed by atoms with Gasteiger partial charge in [0.05, 0.1) is 0 Å². The summed E-state index contributed by atoms with van der Waals surface area (Å²) in [5.74, 6) is 0. The van der Waals surface area contributed by atoms with Gasteiger partial charge in [-0.2, -0.15) is 0 Å². The molecule has 0 bridgehead atoms. The molecule has 0 unspecified atom stereocenters. The van der Waals surface area contributed by atoms with Gasteiger partial charge in [0.2, 0.25) is 0 Å². The quantitative estimate of drug-likeness (QED) is 0.386. The highest BCUT2D eigenvalue weighted by molar-refractivity contribution is 6.23. The summed E-state index contributed by atoms with van der Waals surface area (Å²) in [7, 11) is 0. The lowest BCUT2D eigenvalue weighted by Crippen LogP contribution is -2.29. The zero-order valence-corrected chi connectivity index (χ0v) is 12.2. The van der Waals surface area contributed by atoms with Gasteiger partial charge in [-0.05, 0) is 49.5 Å². The summed E-state index contributed by atoms with van der Waals surface area (Å²) in [5.41, 5.74) is 1.86. The van der Waals surface area contributed by atoms with Crippen LogP contribution >= 0.6 is 0 Å². The SMILES string of the molecule is O[C@@H]1[C@@H]2O[C@@H]2c2c(cc3ccc4cccc5ccc2c3c45)[C@@H]1O. The number of aliphatic hydroxyl groups excluding tert-OH is 2. The molecule has 1 fully saturated rings. The summed E-state index contributed by atoms with van der Waals surface area (Å²) < 4.78 is 5.67. The summed E-state index contributed by atoms with van der Waals surface area (Å²) in [4.78, 5) is 0. The highest BCUT2D eigenvalue weighted by Crippen LogP contribution is 2.54. The van der Waals surface area contributed by atoms with Crippen LogP contribution in [0.3, 0.4) is 0 Å². The van der Waals surface area contributed by atoms with Crippen LogP contribution in [0.1, 0.15) is 23.3 Å². The standard InChI is InChI=1S/C20H14O3/c21-17-13-8-11-5-4-9-2-1-3-10-6-7-12(15(11)14(9)10)16(13)19-20(23-19)18(17)22/h1-8,17-22H/t17-,18-,19+,20-/m0/s1. The van der Waals surface area contributed by atoms with Gasteiger partial charge in [-0.3, -0.25) is 0 Å². The summed E-state index contributed by atoms with van der Waals surface area (Å²) in [6, 6.07) is 16.9. The second-order valence-corrected chi connectivity index (χ2v) is 6.69. The molecule has 1 heterocycles. The predicted octanol–water partition coefficient (Wildman–Crippen LogP) is 3.43. The lowest BCUT2D eigenvalue weighted by Gasteiger charge is -2.25. The maximum atomic E-state index is 10.5. The van der Waals surface area contributed by atoms with Gasteiger partial charge < -0.3 is 14.9 Å². The van der Waals surface area contributed by atoms with Crippen molar-refractivity contribution in [1.82, 2.24) is 0 Å². The van der Waals surface area contributed by atoms with Gasteiger partial charge in [0.25, 0.3) is 0 Å². The van der Waals surface area contributed by atoms with Crippen molar-refractivity contribution in [3.05, 3.63) is 59.7 Å². The van der Waals surface area contributed by atoms with Gasteiger partial charge in [-0.15, -0.1) is 0 Å². The van der Waals surface area contributed by atoms with Crippen molar-refractivity contribution in [2.45, 2.75) is 24.4 Å². The Kier molecular flexibility index (Phi) is 2.03. The molecule has 4 aromatic rings. The molecule has 3 heteroatoms. The molecule has 0 saturated carbocycles. The molecule has 1 saturated heterocycles. The Bertz CT molecular complexity index is 1080. The Morgan fingerprint density at radius 1 is 0.826 bits per heavy atom. The van der Waals surface area contributed by atoms with Crippen LogP contribution in [-0.4, -0.2) is 22.4 Å². The van der Waals surface area contributed by atoms with Crippen molar-refractivity contribution in [3.63, 3.8) is 0 Å². The monoisotopic (exact) mass is 302 g/mol. The zero-order chi connectivity index (χ0) is 15.3. The smallest absolute Gasteiger partial charge is 0.118 e. The number of ether oxygens (including phenoxy) is 1. The molecular formula is C20H14O3. The third-order valence-electron chi connectivity index (χ3n) is 5.51. The molecule has 3 nitrogen and oxygen atoms in total. The van der Waals surface area contributed by atoms with Crippen molar-refractivity contribution in [1.29, 1.82) is 0 Å². The predicted molar refractivity (Wildman–Crippen MR) is 88.7 cm³/mol. The first kappa shape index (κ1) is 12.3. The molecule has 6 rings (SSSR count). The maximum absolute atomic E-state index is 10.5. The van der Waals surface area contributed by atoms with Crippen molar-refractivity contribution in [3.8, 4) is 0 Å². The average Bonchev–Trinajstić information content (AvgIpc) is 3.37. The van der Waals surface area contributed by atoms with Gasteiger partial charge >= 0.3 is 0 Å². The van der Waals surface area contributed by atoms with E-state index in [2.05, 4.69) is 42.5 Å². The Balaban J connectivity index is 1.86. The normalized spacial score (nSPS) is 29.1. The number of hydrogen-bond acceptors (Lipinski definition) is 3. The third kappa shape index (κ3) is 1.36. The Hall–Kier alpha value is -2.20. The number of epoxide rings is 1. The number of aliphatic hydroxyl groups is 2. The third-order valence-corrected chi connectivity index (χ3v) is 5.51. The Labute approximate surface area is 132 Å². The molecule has 0 spiro atoms. The molecule has 0 amide bonds. The van der Waals surface area contributed by atoms with E-state index in [-0.39, 0.29) is 12.2 Å². The topological polar surface area (TPSA) is 53.0 Å². The van der Waals surface area contributed by atoms with E-state index in [4.69, 9.17) is 4.74 Å². The first-order valence-corrected chi connectivity index (χ1v) is 7.96. The van der Waals surface area contributed by atoms with Crippen LogP contribution in [0.2, 0.25) is 0 Å². The molecule has 112 valence electrons. The van der Waals surface area contributed by atoms with E-state index in [1.54, 1.807) is 0 Å². The van der Waals surface area contributed by atoms with Crippen molar-refractivity contribution < 1.29 is 14.9 Å². The molecule has 4 atom stereocenters. The first-order valence-electron chi connectivity index (χ1n) is 7.96. The lowest BCUT2D eigenvalue weighted by atomic mass is 9.81. The average molecular weight is 302 g/mol. The first-order chi connectivity index (χ1) is 11.2. The Morgan fingerprint density at radius 3 is 2.39 bits per heavy atom. The van der Waals surface area contributed by atoms with Crippen LogP contribution in [0, 0.1) is 0 Å². The lowest BCUT2D eigenvalue weighted by molar-refractivity contribution is 0.000163. The molecule has 23 heavy (non-hydrogen) atoms. The fourth-order valence-electron chi connectivity index (χ4n) is 4.40. The number of benzene rings is 4. The second kappa shape index (κ2) is 3.82. The van der Waals surface area contributed by atoms with E-state index >= 15 is 0 Å². The number of hydrogen-bond donors (Lipinski definition) is 2. The molecule has 2 aliphatic rings. The summed E-state index contributed by atoms with van der Waals surface area (Å²) in [5, 5.41) is 27.8. The second-order valence-electron chi connectivity index (χ2n) is 6.69. The highest BCUT2D eigenvalue weighted by atomic mass is 16.6. The molecule has 0 radical (unpaired) electrons. The number of fused-ring (bicyclic) bond motifs is 4. The molecule has 1 aliphatic heterocycles. The maximum Gasteiger partial charge on any atom is 0.118 e. The fourth-order valence-corrected chi connectivity index (χ4v) is 4.40. The van der Waals surface area contributed by atoms with E-state index in [0.717, 1.165) is 21.9 Å². The summed E-state index contributed by atoms with van der Waals surface area (Å²) in [6.45, 7) is 0. The molecule has 2 N–H and O–H groups in total. The van der Waals surface area contributed by atoms with Crippen LogP contribution < -0.4 is 0 Å². The fraction of sp³-hybridized carbons (Fsp3) is 0.200. The van der Waals surface area contributed by atoms with Gasteiger partial charge in [-0.25, -0.2) is 0 Å². The van der Waals surface area contributed by atoms with Crippen LogP contribution in [0.15, 0.2) is 48.5 Å². The highest BCUT2D eigenvalue weighted by Gasteiger charge is 2.54. The van der Waals surface area contributed by atoms with Crippen molar-refractivity contribution in [2.24, 2.45) is 0 Å². The van der Waals surface area contributed by atoms with Crippen LogP contribution in [0.25, 0.3) is 32.3 Å². The Morgan fingerprint density at radius 2 is 1.57 bits per heavy atom. The molecule has 4 aromatic carbocycles. The molecular weight excluding hydrogens is 288 g/mol. The van der Waals surface area contributed by atoms with Gasteiger partial charge in [0, 0.05) is 0 Å². The summed E-state index contributed by atoms with van der Waals surface area (Å²) in [6.07, 6.45) is -2.07. The minimum absolute atomic E-state index is 0.0898. The molecule has 1 aliphatic carbocycles. The van der Waals surface area contributed by atoms with E-state index in [9.17, 15) is 10.2 Å². The van der Waals surface area contributed by atoms with E-state index < -0.39 is 12.2 Å².